The van der Waals surface area contributed by atoms with Crippen molar-refractivity contribution in [2.24, 2.45) is 0 Å². The van der Waals surface area contributed by atoms with Crippen LogP contribution in [0.5, 0.6) is 0 Å². The van der Waals surface area contributed by atoms with Gasteiger partial charge in [-0.25, -0.2) is 0 Å². The number of benzene rings is 1. The smallest absolute Gasteiger partial charge is 0.307 e. The van der Waals surface area contributed by atoms with Gasteiger partial charge >= 0.3 is 5.97 Å². The number of allylic oxidation sites excluding steroid dienone is 2. The van der Waals surface area contributed by atoms with Gasteiger partial charge < -0.3 is 5.11 Å². The first-order valence-electron chi connectivity index (χ1n) is 6.33. The third-order valence-corrected chi connectivity index (χ3v) is 2.93. The van der Waals surface area contributed by atoms with Crippen molar-refractivity contribution in [3.63, 3.8) is 0 Å². The summed E-state index contributed by atoms with van der Waals surface area (Å²) in [5.41, 5.74) is 3.23. The molecule has 0 saturated carbocycles. The first kappa shape index (κ1) is 14.2. The molecule has 1 aromatic rings. The Morgan fingerprint density at radius 2 is 1.78 bits per heavy atom. The van der Waals surface area contributed by atoms with Gasteiger partial charge in [0.25, 0.3) is 0 Å². The fraction of sp³-hybridized carbons (Fsp3) is 0.312. The minimum absolute atomic E-state index is 0.0976. The molecule has 1 rings (SSSR count). The van der Waals surface area contributed by atoms with E-state index in [1.807, 2.05) is 42.5 Å². The average Bonchev–Trinajstić information content (AvgIpc) is 2.38. The molecule has 0 aromatic heterocycles. The highest BCUT2D eigenvalue weighted by molar-refractivity contribution is 5.72. The van der Waals surface area contributed by atoms with Crippen LogP contribution in [0.4, 0.5) is 0 Å². The number of carboxylic acids is 1. The van der Waals surface area contributed by atoms with E-state index in [0.717, 1.165) is 24.0 Å². The molecule has 0 amide bonds. The summed E-state index contributed by atoms with van der Waals surface area (Å²) in [6.07, 6.45) is 5.81. The third-order valence-electron chi connectivity index (χ3n) is 2.93. The molecule has 1 N–H and O–H groups in total. The predicted molar refractivity (Wildman–Crippen MR) is 75.3 cm³/mol. The largest absolute Gasteiger partial charge is 0.481 e. The lowest BCUT2D eigenvalue weighted by Gasteiger charge is -2.07. The summed E-state index contributed by atoms with van der Waals surface area (Å²) >= 11 is 0. The molecule has 0 bridgehead atoms. The molecule has 0 atom stereocenters. The van der Waals surface area contributed by atoms with E-state index in [0.29, 0.717) is 0 Å². The summed E-state index contributed by atoms with van der Waals surface area (Å²) < 4.78 is 0. The molecule has 0 radical (unpaired) electrons. The van der Waals surface area contributed by atoms with Crippen molar-refractivity contribution in [3.05, 3.63) is 53.1 Å². The van der Waals surface area contributed by atoms with Crippen LogP contribution in [-0.2, 0) is 4.79 Å². The van der Waals surface area contributed by atoms with Crippen molar-refractivity contribution in [1.82, 2.24) is 0 Å². The Balaban J connectivity index is 2.95. The van der Waals surface area contributed by atoms with Crippen molar-refractivity contribution >= 4 is 12.0 Å². The zero-order chi connectivity index (χ0) is 13.4. The van der Waals surface area contributed by atoms with Gasteiger partial charge in [0.05, 0.1) is 6.42 Å². The molecule has 96 valence electrons. The Kier molecular flexibility index (Phi) is 5.92. The van der Waals surface area contributed by atoms with Crippen molar-refractivity contribution in [3.8, 4) is 0 Å². The van der Waals surface area contributed by atoms with Gasteiger partial charge in [0.1, 0.15) is 0 Å². The SMILES string of the molecule is CCC(CC)=C(/C=C/c1ccccc1)CC(=O)O. The lowest BCUT2D eigenvalue weighted by atomic mass is 9.99. The minimum Gasteiger partial charge on any atom is -0.481 e. The lowest BCUT2D eigenvalue weighted by molar-refractivity contribution is -0.136. The van der Waals surface area contributed by atoms with E-state index < -0.39 is 5.97 Å². The molecule has 2 heteroatoms. The Morgan fingerprint density at radius 3 is 2.28 bits per heavy atom. The van der Waals surface area contributed by atoms with E-state index in [2.05, 4.69) is 13.8 Å². The standard InChI is InChI=1S/C16H20O2/c1-3-14(4-2)15(12-16(17)18)11-10-13-8-6-5-7-9-13/h5-11H,3-4,12H2,1-2H3,(H,17,18)/b11-10+. The van der Waals surface area contributed by atoms with Gasteiger partial charge in [0.15, 0.2) is 0 Å². The normalized spacial score (nSPS) is 10.6. The van der Waals surface area contributed by atoms with Crippen LogP contribution in [0.25, 0.3) is 6.08 Å². The maximum absolute atomic E-state index is 10.9. The predicted octanol–water partition coefficient (Wildman–Crippen LogP) is 4.29. The fourth-order valence-electron chi connectivity index (χ4n) is 1.93. The van der Waals surface area contributed by atoms with Crippen LogP contribution in [0, 0.1) is 0 Å². The summed E-state index contributed by atoms with van der Waals surface area (Å²) in [5.74, 6) is -0.776. The number of hydrogen-bond donors (Lipinski definition) is 1. The van der Waals surface area contributed by atoms with Gasteiger partial charge in [-0.1, -0.05) is 61.9 Å². The van der Waals surface area contributed by atoms with Crippen LogP contribution in [0.15, 0.2) is 47.6 Å². The van der Waals surface area contributed by atoms with Crippen molar-refractivity contribution in [2.75, 3.05) is 0 Å². The molecule has 0 aliphatic heterocycles. The quantitative estimate of drug-likeness (QED) is 0.758. The second kappa shape index (κ2) is 7.49. The topological polar surface area (TPSA) is 37.3 Å². The average molecular weight is 244 g/mol. The van der Waals surface area contributed by atoms with E-state index >= 15 is 0 Å². The second-order valence-corrected chi connectivity index (χ2v) is 4.15. The monoisotopic (exact) mass is 244 g/mol. The van der Waals surface area contributed by atoms with Crippen LogP contribution >= 0.6 is 0 Å². The van der Waals surface area contributed by atoms with Gasteiger partial charge in [-0.05, 0) is 24.0 Å². The molecule has 0 aliphatic rings. The highest BCUT2D eigenvalue weighted by atomic mass is 16.4. The number of aliphatic carboxylic acids is 1. The molecule has 0 fully saturated rings. The molecule has 0 saturated heterocycles. The molecule has 0 aliphatic carbocycles. The highest BCUT2D eigenvalue weighted by Crippen LogP contribution is 2.18. The van der Waals surface area contributed by atoms with Gasteiger partial charge in [-0.3, -0.25) is 4.79 Å². The summed E-state index contributed by atoms with van der Waals surface area (Å²) in [6.45, 7) is 4.13. The first-order valence-corrected chi connectivity index (χ1v) is 6.33. The summed E-state index contributed by atoms with van der Waals surface area (Å²) in [7, 11) is 0. The summed E-state index contributed by atoms with van der Waals surface area (Å²) in [6, 6.07) is 9.93. The molecular formula is C16H20O2. The molecule has 0 unspecified atom stereocenters. The fourth-order valence-corrected chi connectivity index (χ4v) is 1.93. The van der Waals surface area contributed by atoms with Crippen LogP contribution in [0.1, 0.15) is 38.7 Å². The Hall–Kier alpha value is -1.83. The molecule has 0 heterocycles. The molecule has 2 nitrogen and oxygen atoms in total. The van der Waals surface area contributed by atoms with Gasteiger partial charge in [0.2, 0.25) is 0 Å². The van der Waals surface area contributed by atoms with Crippen LogP contribution in [0.3, 0.4) is 0 Å². The van der Waals surface area contributed by atoms with Gasteiger partial charge in [-0.15, -0.1) is 0 Å². The van der Waals surface area contributed by atoms with Crippen molar-refractivity contribution < 1.29 is 9.90 Å². The zero-order valence-electron chi connectivity index (χ0n) is 11.0. The van der Waals surface area contributed by atoms with Crippen LogP contribution < -0.4 is 0 Å². The lowest BCUT2D eigenvalue weighted by Crippen LogP contribution is -1.98. The Morgan fingerprint density at radius 1 is 1.17 bits per heavy atom. The molecule has 0 spiro atoms. The number of carboxylic acid groups (broad SMARTS) is 1. The number of rotatable bonds is 6. The Labute approximate surface area is 109 Å². The summed E-state index contributed by atoms with van der Waals surface area (Å²) in [4.78, 5) is 10.9. The van der Waals surface area contributed by atoms with Crippen molar-refractivity contribution in [2.45, 2.75) is 33.1 Å². The maximum Gasteiger partial charge on any atom is 0.307 e. The zero-order valence-corrected chi connectivity index (χ0v) is 11.0. The first-order chi connectivity index (χ1) is 8.67. The van der Waals surface area contributed by atoms with E-state index in [1.54, 1.807) is 0 Å². The van der Waals surface area contributed by atoms with Crippen LogP contribution in [-0.4, -0.2) is 11.1 Å². The van der Waals surface area contributed by atoms with E-state index in [4.69, 9.17) is 5.11 Å². The maximum atomic E-state index is 10.9. The van der Waals surface area contributed by atoms with Gasteiger partial charge in [0, 0.05) is 0 Å². The Bertz CT molecular complexity index is 435. The molecular weight excluding hydrogens is 224 g/mol. The molecule has 1 aromatic carbocycles. The second-order valence-electron chi connectivity index (χ2n) is 4.15. The molecule has 18 heavy (non-hydrogen) atoms. The van der Waals surface area contributed by atoms with E-state index in [-0.39, 0.29) is 6.42 Å². The van der Waals surface area contributed by atoms with Crippen LogP contribution in [0.2, 0.25) is 0 Å². The number of hydrogen-bond acceptors (Lipinski definition) is 1. The minimum atomic E-state index is -0.776. The third kappa shape index (κ3) is 4.58. The highest BCUT2D eigenvalue weighted by Gasteiger charge is 2.05. The van der Waals surface area contributed by atoms with Gasteiger partial charge in [-0.2, -0.15) is 0 Å². The summed E-state index contributed by atoms with van der Waals surface area (Å²) in [5, 5.41) is 8.95. The van der Waals surface area contributed by atoms with Crippen molar-refractivity contribution in [1.29, 1.82) is 0 Å². The van der Waals surface area contributed by atoms with E-state index in [1.165, 1.54) is 5.57 Å². The number of carbonyl (C=O) groups is 1. The van der Waals surface area contributed by atoms with E-state index in [9.17, 15) is 4.79 Å².